The number of halogens is 2. The van der Waals surface area contributed by atoms with Crippen molar-refractivity contribution in [2.45, 2.75) is 37.8 Å². The van der Waals surface area contributed by atoms with Crippen LogP contribution in [0.3, 0.4) is 0 Å². The normalized spacial score (nSPS) is 22.8. The lowest BCUT2D eigenvalue weighted by Gasteiger charge is -2.38. The molecule has 130 valence electrons. The van der Waals surface area contributed by atoms with Gasteiger partial charge < -0.3 is 10.6 Å². The Balaban J connectivity index is 0.00000132. The molecule has 2 atom stereocenters. The number of nitrogens with two attached hydrogens (primary N) is 1. The van der Waals surface area contributed by atoms with E-state index in [0.717, 1.165) is 25.1 Å². The zero-order valence-electron chi connectivity index (χ0n) is 13.4. The molecule has 2 heterocycles. The quantitative estimate of drug-likeness (QED) is 0.902. The average Bonchev–Trinajstić information content (AvgIpc) is 3.09. The highest BCUT2D eigenvalue weighted by Gasteiger charge is 2.31. The second kappa shape index (κ2) is 9.48. The Morgan fingerprint density at radius 2 is 1.70 bits per heavy atom. The topological polar surface area (TPSA) is 49.6 Å². The van der Waals surface area contributed by atoms with Crippen LogP contribution in [0.1, 0.15) is 37.3 Å². The molecule has 1 aromatic carbocycles. The highest BCUT2D eigenvalue weighted by molar-refractivity contribution is 5.85. The Bertz CT molecular complexity index is 480. The van der Waals surface area contributed by atoms with Gasteiger partial charge in [0.1, 0.15) is 6.04 Å². The molecule has 6 heteroatoms. The Labute approximate surface area is 151 Å². The first-order valence-electron chi connectivity index (χ1n) is 8.09. The van der Waals surface area contributed by atoms with Gasteiger partial charge in [0.15, 0.2) is 0 Å². The van der Waals surface area contributed by atoms with Crippen molar-refractivity contribution < 1.29 is 4.79 Å². The molecule has 2 unspecified atom stereocenters. The predicted octanol–water partition coefficient (Wildman–Crippen LogP) is 2.62. The minimum Gasteiger partial charge on any atom is -0.339 e. The maximum Gasteiger partial charge on any atom is 0.244 e. The van der Waals surface area contributed by atoms with E-state index in [0.29, 0.717) is 6.04 Å². The van der Waals surface area contributed by atoms with Crippen molar-refractivity contribution in [1.82, 2.24) is 9.80 Å². The molecule has 2 aliphatic rings. The first kappa shape index (κ1) is 20.2. The summed E-state index contributed by atoms with van der Waals surface area (Å²) in [6.07, 6.45) is 4.90. The summed E-state index contributed by atoms with van der Waals surface area (Å²) in [4.78, 5) is 17.2. The molecule has 4 nitrogen and oxygen atoms in total. The lowest BCUT2D eigenvalue weighted by Crippen LogP contribution is -2.51. The molecule has 2 N–H and O–H groups in total. The summed E-state index contributed by atoms with van der Waals surface area (Å²) in [5.74, 6) is 0.0742. The lowest BCUT2D eigenvalue weighted by atomic mass is 10.0. The second-order valence-corrected chi connectivity index (χ2v) is 6.21. The average molecular weight is 360 g/mol. The number of hydrogen-bond donors (Lipinski definition) is 1. The van der Waals surface area contributed by atoms with Crippen molar-refractivity contribution in [3.05, 3.63) is 35.9 Å². The summed E-state index contributed by atoms with van der Waals surface area (Å²) in [5.41, 5.74) is 7.07. The summed E-state index contributed by atoms with van der Waals surface area (Å²) < 4.78 is 0. The number of nitrogens with zero attached hydrogens (tertiary/aromatic N) is 2. The van der Waals surface area contributed by atoms with Crippen LogP contribution in [0, 0.1) is 0 Å². The van der Waals surface area contributed by atoms with Crippen LogP contribution in [0.4, 0.5) is 0 Å². The molecule has 2 saturated heterocycles. The van der Waals surface area contributed by atoms with Gasteiger partial charge >= 0.3 is 0 Å². The van der Waals surface area contributed by atoms with Gasteiger partial charge in [-0.2, -0.15) is 0 Å². The van der Waals surface area contributed by atoms with Crippen molar-refractivity contribution in [3.63, 3.8) is 0 Å². The van der Waals surface area contributed by atoms with Crippen molar-refractivity contribution in [3.8, 4) is 0 Å². The summed E-state index contributed by atoms with van der Waals surface area (Å²) in [7, 11) is 0. The Kier molecular flexibility index (Phi) is 8.34. The molecule has 1 aromatic rings. The third-order valence-corrected chi connectivity index (χ3v) is 4.79. The van der Waals surface area contributed by atoms with Gasteiger partial charge in [-0.05, 0) is 44.3 Å². The first-order chi connectivity index (χ1) is 10.3. The fourth-order valence-corrected chi connectivity index (χ4v) is 3.56. The van der Waals surface area contributed by atoms with E-state index in [1.54, 1.807) is 0 Å². The van der Waals surface area contributed by atoms with Crippen molar-refractivity contribution in [2.75, 3.05) is 26.2 Å². The minimum atomic E-state index is -0.525. The van der Waals surface area contributed by atoms with Crippen molar-refractivity contribution in [2.24, 2.45) is 5.73 Å². The number of carbonyl (C=O) groups is 1. The number of amides is 1. The summed E-state index contributed by atoms with van der Waals surface area (Å²) in [6, 6.07) is 9.70. The van der Waals surface area contributed by atoms with Gasteiger partial charge in [-0.15, -0.1) is 24.8 Å². The number of likely N-dealkylation sites (tertiary alicyclic amines) is 2. The highest BCUT2D eigenvalue weighted by atomic mass is 35.5. The number of carbonyl (C=O) groups excluding carboxylic acids is 1. The van der Waals surface area contributed by atoms with Crippen LogP contribution in [0.15, 0.2) is 30.3 Å². The third-order valence-electron chi connectivity index (χ3n) is 4.79. The molecule has 3 rings (SSSR count). The molecule has 23 heavy (non-hydrogen) atoms. The molecule has 2 aliphatic heterocycles. The fraction of sp³-hybridized carbons (Fsp3) is 0.588. The molecule has 0 bridgehead atoms. The molecular formula is C17H27Cl2N3O. The number of piperidine rings is 1. The van der Waals surface area contributed by atoms with E-state index in [1.807, 2.05) is 35.2 Å². The first-order valence-corrected chi connectivity index (χ1v) is 8.09. The molecule has 0 saturated carbocycles. The number of benzene rings is 1. The monoisotopic (exact) mass is 359 g/mol. The van der Waals surface area contributed by atoms with Gasteiger partial charge in [-0.1, -0.05) is 30.3 Å². The Morgan fingerprint density at radius 1 is 1.04 bits per heavy atom. The maximum atomic E-state index is 12.6. The maximum absolute atomic E-state index is 12.6. The summed E-state index contributed by atoms with van der Waals surface area (Å²) in [6.45, 7) is 4.08. The minimum absolute atomic E-state index is 0. The molecular weight excluding hydrogens is 333 g/mol. The van der Waals surface area contributed by atoms with Crippen molar-refractivity contribution in [1.29, 1.82) is 0 Å². The van der Waals surface area contributed by atoms with E-state index in [1.165, 1.54) is 32.4 Å². The van der Waals surface area contributed by atoms with Gasteiger partial charge in [0, 0.05) is 19.1 Å². The van der Waals surface area contributed by atoms with Crippen LogP contribution in [0.5, 0.6) is 0 Å². The van der Waals surface area contributed by atoms with E-state index >= 15 is 0 Å². The van der Waals surface area contributed by atoms with E-state index in [4.69, 9.17) is 5.73 Å². The zero-order chi connectivity index (χ0) is 14.7. The van der Waals surface area contributed by atoms with Crippen LogP contribution in [-0.4, -0.2) is 47.9 Å². The van der Waals surface area contributed by atoms with Gasteiger partial charge in [-0.25, -0.2) is 0 Å². The summed E-state index contributed by atoms with van der Waals surface area (Å²) >= 11 is 0. The van der Waals surface area contributed by atoms with Crippen LogP contribution < -0.4 is 5.73 Å². The smallest absolute Gasteiger partial charge is 0.244 e. The van der Waals surface area contributed by atoms with Crippen LogP contribution >= 0.6 is 24.8 Å². The highest BCUT2D eigenvalue weighted by Crippen LogP contribution is 2.22. The Morgan fingerprint density at radius 3 is 2.35 bits per heavy atom. The molecule has 0 aromatic heterocycles. The molecule has 0 spiro atoms. The molecule has 0 radical (unpaired) electrons. The van der Waals surface area contributed by atoms with Gasteiger partial charge in [0.05, 0.1) is 0 Å². The fourth-order valence-electron chi connectivity index (χ4n) is 3.56. The molecule has 2 fully saturated rings. The third kappa shape index (κ3) is 4.83. The Hall–Kier alpha value is -0.810. The number of rotatable bonds is 3. The standard InChI is InChI=1S/C17H25N3O.2ClH/c18-16(14-7-2-1-3-8-14)17(21)20-12-6-9-15(13-20)19-10-4-5-11-19;;/h1-3,7-8,15-16H,4-6,9-13,18H2;2*1H. The zero-order valence-corrected chi connectivity index (χ0v) is 15.0. The van der Waals surface area contributed by atoms with E-state index in [2.05, 4.69) is 4.90 Å². The van der Waals surface area contributed by atoms with Gasteiger partial charge in [0.25, 0.3) is 0 Å². The number of hydrogen-bond acceptors (Lipinski definition) is 3. The SMILES string of the molecule is Cl.Cl.NC(C(=O)N1CCCC(N2CCCC2)C1)c1ccccc1. The van der Waals surface area contributed by atoms with Crippen LogP contribution in [-0.2, 0) is 4.79 Å². The molecule has 0 aliphatic carbocycles. The van der Waals surface area contributed by atoms with Crippen molar-refractivity contribution >= 4 is 30.7 Å². The molecule has 1 amide bonds. The van der Waals surface area contributed by atoms with E-state index in [-0.39, 0.29) is 30.7 Å². The predicted molar refractivity (Wildman–Crippen MR) is 98.3 cm³/mol. The largest absolute Gasteiger partial charge is 0.339 e. The van der Waals surface area contributed by atoms with Gasteiger partial charge in [-0.3, -0.25) is 9.69 Å². The van der Waals surface area contributed by atoms with Crippen LogP contribution in [0.25, 0.3) is 0 Å². The lowest BCUT2D eigenvalue weighted by molar-refractivity contribution is -0.134. The van der Waals surface area contributed by atoms with Crippen LogP contribution in [0.2, 0.25) is 0 Å². The van der Waals surface area contributed by atoms with Gasteiger partial charge in [0.2, 0.25) is 5.91 Å². The second-order valence-electron chi connectivity index (χ2n) is 6.21. The van der Waals surface area contributed by atoms with E-state index < -0.39 is 6.04 Å². The van der Waals surface area contributed by atoms with E-state index in [9.17, 15) is 4.79 Å². The summed E-state index contributed by atoms with van der Waals surface area (Å²) in [5, 5.41) is 0.